The standard InChI is InChI=1S/C23H18ClF2N5O3S2/c24-15-2-3-20(17(9-15)14-4-5-27-16(8-14)12-31-6-1-7-31)34-21-10-19(26)22(11-18(21)25)36(32,33)30-23-28-13-29-35-23/h2-5,8-11,13H,1,6-7,12H2,(H,28,29,30). The van der Waals surface area contributed by atoms with E-state index in [0.29, 0.717) is 29.3 Å². The molecule has 0 amide bonds. The molecule has 8 nitrogen and oxygen atoms in total. The largest absolute Gasteiger partial charge is 0.454 e. The molecule has 0 unspecified atom stereocenters. The van der Waals surface area contributed by atoms with Gasteiger partial charge >= 0.3 is 0 Å². The lowest BCUT2D eigenvalue weighted by molar-refractivity contribution is 0.170. The minimum atomic E-state index is -4.44. The fraction of sp³-hybridized carbons (Fsp3) is 0.174. The number of anilines is 1. The molecule has 1 aliphatic rings. The number of hydrogen-bond donors (Lipinski definition) is 1. The van der Waals surface area contributed by atoms with Crippen LogP contribution >= 0.6 is 23.1 Å². The SMILES string of the molecule is O=S(=O)(Nc1ncns1)c1cc(F)c(Oc2ccc(Cl)cc2-c2ccnc(CN3CCC3)c2)cc1F. The van der Waals surface area contributed by atoms with Gasteiger partial charge in [-0.1, -0.05) is 11.6 Å². The summed E-state index contributed by atoms with van der Waals surface area (Å²) >= 11 is 6.97. The van der Waals surface area contributed by atoms with Gasteiger partial charge in [-0.05, 0) is 55.4 Å². The third-order valence-electron chi connectivity index (χ3n) is 5.48. The van der Waals surface area contributed by atoms with Crippen molar-refractivity contribution in [3.63, 3.8) is 0 Å². The van der Waals surface area contributed by atoms with Gasteiger partial charge in [0.2, 0.25) is 5.13 Å². The lowest BCUT2D eigenvalue weighted by Crippen LogP contribution is -2.36. The van der Waals surface area contributed by atoms with Crippen molar-refractivity contribution in [3.05, 3.63) is 77.3 Å². The van der Waals surface area contributed by atoms with Crippen molar-refractivity contribution >= 4 is 38.3 Å². The molecular formula is C23H18ClF2N5O3S2. The van der Waals surface area contributed by atoms with Crippen LogP contribution in [0.25, 0.3) is 11.1 Å². The maximum atomic E-state index is 14.9. The molecule has 0 saturated carbocycles. The monoisotopic (exact) mass is 549 g/mol. The second-order valence-electron chi connectivity index (χ2n) is 7.97. The van der Waals surface area contributed by atoms with Crippen molar-refractivity contribution in [2.45, 2.75) is 17.9 Å². The van der Waals surface area contributed by atoms with Gasteiger partial charge in [-0.25, -0.2) is 22.2 Å². The Morgan fingerprint density at radius 1 is 1.06 bits per heavy atom. The highest BCUT2D eigenvalue weighted by molar-refractivity contribution is 7.93. The molecular weight excluding hydrogens is 532 g/mol. The normalized spacial score (nSPS) is 13.9. The fourth-order valence-electron chi connectivity index (χ4n) is 3.62. The number of ether oxygens (including phenoxy) is 1. The lowest BCUT2D eigenvalue weighted by atomic mass is 10.0. The maximum Gasteiger partial charge on any atom is 0.266 e. The number of nitrogens with zero attached hydrogens (tertiary/aromatic N) is 4. The van der Waals surface area contributed by atoms with Gasteiger partial charge in [0, 0.05) is 47.0 Å². The summed E-state index contributed by atoms with van der Waals surface area (Å²) in [7, 11) is -4.44. The molecule has 186 valence electrons. The van der Waals surface area contributed by atoms with Crippen LogP contribution in [0.15, 0.2) is 59.9 Å². The minimum Gasteiger partial charge on any atom is -0.454 e. The van der Waals surface area contributed by atoms with E-state index < -0.39 is 32.3 Å². The number of benzene rings is 2. The van der Waals surface area contributed by atoms with E-state index in [1.54, 1.807) is 24.4 Å². The number of rotatable bonds is 8. The summed E-state index contributed by atoms with van der Waals surface area (Å²) in [4.78, 5) is 9.47. The molecule has 1 N–H and O–H groups in total. The van der Waals surface area contributed by atoms with Gasteiger partial charge in [-0.2, -0.15) is 4.37 Å². The average molecular weight is 550 g/mol. The molecule has 5 rings (SSSR count). The maximum absolute atomic E-state index is 14.9. The number of pyridine rings is 1. The molecule has 1 aliphatic heterocycles. The predicted molar refractivity (Wildman–Crippen MR) is 132 cm³/mol. The van der Waals surface area contributed by atoms with Crippen molar-refractivity contribution < 1.29 is 21.9 Å². The number of nitrogens with one attached hydrogen (secondary N) is 1. The Labute approximate surface area is 214 Å². The van der Waals surface area contributed by atoms with E-state index in [1.165, 1.54) is 6.07 Å². The Morgan fingerprint density at radius 3 is 2.61 bits per heavy atom. The van der Waals surface area contributed by atoms with E-state index in [-0.39, 0.29) is 10.9 Å². The Kier molecular flexibility index (Phi) is 6.84. The number of likely N-dealkylation sites (tertiary alicyclic amines) is 1. The second kappa shape index (κ2) is 10.1. The molecule has 1 saturated heterocycles. The van der Waals surface area contributed by atoms with Crippen LogP contribution in [0.4, 0.5) is 13.9 Å². The van der Waals surface area contributed by atoms with E-state index in [0.717, 1.165) is 48.6 Å². The quantitative estimate of drug-likeness (QED) is 0.317. The highest BCUT2D eigenvalue weighted by Crippen LogP contribution is 2.37. The van der Waals surface area contributed by atoms with E-state index in [2.05, 4.69) is 24.0 Å². The summed E-state index contributed by atoms with van der Waals surface area (Å²) in [5, 5.41) is 0.348. The van der Waals surface area contributed by atoms with Gasteiger partial charge in [0.1, 0.15) is 22.8 Å². The summed E-state index contributed by atoms with van der Waals surface area (Å²) in [5.74, 6) is -2.54. The van der Waals surface area contributed by atoms with Gasteiger partial charge < -0.3 is 4.74 Å². The summed E-state index contributed by atoms with van der Waals surface area (Å²) in [6, 6.07) is 9.64. The minimum absolute atomic E-state index is 0.0771. The van der Waals surface area contributed by atoms with E-state index in [1.807, 2.05) is 6.07 Å². The molecule has 4 aromatic rings. The number of sulfonamides is 1. The van der Waals surface area contributed by atoms with Gasteiger partial charge in [-0.3, -0.25) is 14.6 Å². The van der Waals surface area contributed by atoms with Gasteiger partial charge in [0.25, 0.3) is 10.0 Å². The van der Waals surface area contributed by atoms with Crippen LogP contribution in [-0.4, -0.2) is 40.7 Å². The van der Waals surface area contributed by atoms with Crippen LogP contribution in [0.5, 0.6) is 11.5 Å². The molecule has 36 heavy (non-hydrogen) atoms. The van der Waals surface area contributed by atoms with E-state index in [4.69, 9.17) is 16.3 Å². The smallest absolute Gasteiger partial charge is 0.266 e. The number of aromatic nitrogens is 3. The van der Waals surface area contributed by atoms with Crippen molar-refractivity contribution in [1.29, 1.82) is 0 Å². The first-order chi connectivity index (χ1) is 17.3. The zero-order chi connectivity index (χ0) is 25.3. The summed E-state index contributed by atoms with van der Waals surface area (Å²) in [6.45, 7) is 2.74. The van der Waals surface area contributed by atoms with E-state index >= 15 is 0 Å². The predicted octanol–water partition coefficient (Wildman–Crippen LogP) is 5.33. The summed E-state index contributed by atoms with van der Waals surface area (Å²) in [5.41, 5.74) is 2.14. The van der Waals surface area contributed by atoms with Crippen LogP contribution in [0.1, 0.15) is 12.1 Å². The lowest BCUT2D eigenvalue weighted by Gasteiger charge is -2.30. The van der Waals surface area contributed by atoms with Crippen LogP contribution in [0.2, 0.25) is 5.02 Å². The molecule has 0 aliphatic carbocycles. The van der Waals surface area contributed by atoms with Crippen LogP contribution in [0.3, 0.4) is 0 Å². The first-order valence-corrected chi connectivity index (χ1v) is 13.4. The Bertz CT molecular complexity index is 1520. The first kappa shape index (κ1) is 24.5. The molecule has 2 aromatic carbocycles. The first-order valence-electron chi connectivity index (χ1n) is 10.7. The fourth-order valence-corrected chi connectivity index (χ4v) is 5.52. The van der Waals surface area contributed by atoms with Gasteiger partial charge in [0.05, 0.1) is 5.69 Å². The van der Waals surface area contributed by atoms with Crippen molar-refractivity contribution in [1.82, 2.24) is 19.2 Å². The van der Waals surface area contributed by atoms with E-state index in [9.17, 15) is 17.2 Å². The average Bonchev–Trinajstić information content (AvgIpc) is 3.32. The highest BCUT2D eigenvalue weighted by atomic mass is 35.5. The molecule has 1 fully saturated rings. The molecule has 0 radical (unpaired) electrons. The highest BCUT2D eigenvalue weighted by Gasteiger charge is 2.24. The Hall–Kier alpha value is -3.19. The van der Waals surface area contributed by atoms with Crippen LogP contribution < -0.4 is 9.46 Å². The van der Waals surface area contributed by atoms with Crippen molar-refractivity contribution in [3.8, 4) is 22.6 Å². The Balaban J connectivity index is 1.45. The molecule has 0 spiro atoms. The van der Waals surface area contributed by atoms with Crippen LogP contribution in [-0.2, 0) is 16.6 Å². The summed E-state index contributed by atoms with van der Waals surface area (Å²) < 4.78 is 66.2. The zero-order valence-electron chi connectivity index (χ0n) is 18.5. The van der Waals surface area contributed by atoms with Gasteiger partial charge in [-0.15, -0.1) is 0 Å². The van der Waals surface area contributed by atoms with Crippen molar-refractivity contribution in [2.24, 2.45) is 0 Å². The zero-order valence-corrected chi connectivity index (χ0v) is 20.9. The van der Waals surface area contributed by atoms with Crippen LogP contribution in [0, 0.1) is 11.6 Å². The molecule has 0 bridgehead atoms. The third-order valence-corrected chi connectivity index (χ3v) is 7.78. The molecule has 13 heteroatoms. The van der Waals surface area contributed by atoms with Gasteiger partial charge in [0.15, 0.2) is 11.6 Å². The number of hydrogen-bond acceptors (Lipinski definition) is 8. The Morgan fingerprint density at radius 2 is 1.89 bits per heavy atom. The van der Waals surface area contributed by atoms with Crippen molar-refractivity contribution in [2.75, 3.05) is 17.8 Å². The topological polar surface area (TPSA) is 97.3 Å². The molecule has 3 heterocycles. The molecule has 0 atom stereocenters. The summed E-state index contributed by atoms with van der Waals surface area (Å²) in [6.07, 6.45) is 3.96. The second-order valence-corrected chi connectivity index (χ2v) is 10.8. The third kappa shape index (κ3) is 5.31. The molecule has 2 aromatic heterocycles. The number of halogens is 3.